The normalized spacial score (nSPS) is 27.5. The molecule has 2 heterocycles. The number of halogens is 2. The van der Waals surface area contributed by atoms with Crippen molar-refractivity contribution in [1.29, 1.82) is 0 Å². The van der Waals surface area contributed by atoms with Crippen LogP contribution >= 0.6 is 23.4 Å². The third-order valence-corrected chi connectivity index (χ3v) is 8.00. The van der Waals surface area contributed by atoms with Gasteiger partial charge in [0.2, 0.25) is 0 Å². The molecule has 3 rings (SSSR count). The lowest BCUT2D eigenvalue weighted by atomic mass is 10.1. The number of nitrogens with zero attached hydrogens (tertiary/aromatic N) is 2. The maximum absolute atomic E-state index is 13.9. The van der Waals surface area contributed by atoms with Crippen LogP contribution in [0.25, 0.3) is 0 Å². The standard InChI is InChI=1S/C16H18ClFN2O3S2/c1-3-9(2)15(21)19-16-20(10-4-5-11(17)12(18)6-10)13-7-25(22,23)8-14(13)24-16/h4-6,9,13-14H,3,7-8H2,1-2H3. The molecule has 9 heteroatoms. The van der Waals surface area contributed by atoms with E-state index in [1.165, 1.54) is 23.9 Å². The van der Waals surface area contributed by atoms with Gasteiger partial charge in [-0.1, -0.05) is 37.2 Å². The molecular weight excluding hydrogens is 387 g/mol. The van der Waals surface area contributed by atoms with Gasteiger partial charge in [-0.3, -0.25) is 4.79 Å². The van der Waals surface area contributed by atoms with Crippen LogP contribution in [0.1, 0.15) is 20.3 Å². The minimum absolute atomic E-state index is 0.0136. The summed E-state index contributed by atoms with van der Waals surface area (Å²) in [7, 11) is -3.16. The van der Waals surface area contributed by atoms with Crippen molar-refractivity contribution < 1.29 is 17.6 Å². The summed E-state index contributed by atoms with van der Waals surface area (Å²) >= 11 is 7.02. The molecule has 5 nitrogen and oxygen atoms in total. The predicted molar refractivity (Wildman–Crippen MR) is 99.6 cm³/mol. The molecule has 3 unspecified atom stereocenters. The number of carbonyl (C=O) groups is 1. The molecule has 1 aromatic rings. The Morgan fingerprint density at radius 2 is 2.20 bits per heavy atom. The van der Waals surface area contributed by atoms with Gasteiger partial charge in [0, 0.05) is 16.9 Å². The topological polar surface area (TPSA) is 66.8 Å². The van der Waals surface area contributed by atoms with Crippen LogP contribution in [0.5, 0.6) is 0 Å². The molecule has 0 bridgehead atoms. The van der Waals surface area contributed by atoms with E-state index in [-0.39, 0.29) is 39.6 Å². The molecule has 1 aromatic carbocycles. The summed E-state index contributed by atoms with van der Waals surface area (Å²) in [5.41, 5.74) is 0.453. The fraction of sp³-hybridized carbons (Fsp3) is 0.500. The Balaban J connectivity index is 2.02. The fourth-order valence-electron chi connectivity index (χ4n) is 2.88. The first kappa shape index (κ1) is 18.7. The molecule has 0 N–H and O–H groups in total. The molecule has 2 saturated heterocycles. The van der Waals surface area contributed by atoms with E-state index in [0.717, 1.165) is 0 Å². The van der Waals surface area contributed by atoms with E-state index in [0.29, 0.717) is 17.3 Å². The van der Waals surface area contributed by atoms with Crippen molar-refractivity contribution in [2.45, 2.75) is 31.6 Å². The van der Waals surface area contributed by atoms with Crippen LogP contribution in [0.2, 0.25) is 5.02 Å². The number of amides is 1. The molecule has 0 aromatic heterocycles. The van der Waals surface area contributed by atoms with Gasteiger partial charge in [0.15, 0.2) is 15.0 Å². The van der Waals surface area contributed by atoms with Gasteiger partial charge in [-0.05, 0) is 24.6 Å². The summed E-state index contributed by atoms with van der Waals surface area (Å²) in [6.45, 7) is 3.70. The molecule has 0 radical (unpaired) electrons. The van der Waals surface area contributed by atoms with Gasteiger partial charge in [0.1, 0.15) is 5.82 Å². The minimum atomic E-state index is -3.16. The summed E-state index contributed by atoms with van der Waals surface area (Å²) in [4.78, 5) is 18.1. The minimum Gasteiger partial charge on any atom is -0.315 e. The number of benzene rings is 1. The van der Waals surface area contributed by atoms with Crippen LogP contribution in [0.3, 0.4) is 0 Å². The molecule has 3 atom stereocenters. The maximum atomic E-state index is 13.9. The first-order chi connectivity index (χ1) is 11.7. The summed E-state index contributed by atoms with van der Waals surface area (Å²) in [5, 5.41) is 0.199. The van der Waals surface area contributed by atoms with E-state index in [1.54, 1.807) is 17.9 Å². The van der Waals surface area contributed by atoms with Gasteiger partial charge in [-0.2, -0.15) is 4.99 Å². The monoisotopic (exact) mass is 404 g/mol. The predicted octanol–water partition coefficient (Wildman–Crippen LogP) is 3.13. The third kappa shape index (κ3) is 3.71. The highest BCUT2D eigenvalue weighted by molar-refractivity contribution is 8.16. The number of sulfone groups is 1. The summed E-state index contributed by atoms with van der Waals surface area (Å²) < 4.78 is 37.9. The van der Waals surface area contributed by atoms with E-state index >= 15 is 0 Å². The molecule has 2 aliphatic rings. The number of aliphatic imine (C=N–C) groups is 1. The smallest absolute Gasteiger partial charge is 0.250 e. The molecule has 0 aliphatic carbocycles. The van der Waals surface area contributed by atoms with E-state index < -0.39 is 15.7 Å². The van der Waals surface area contributed by atoms with Crippen molar-refractivity contribution in [1.82, 2.24) is 0 Å². The first-order valence-corrected chi connectivity index (χ1v) is 11.0. The summed E-state index contributed by atoms with van der Waals surface area (Å²) in [6, 6.07) is 3.92. The largest absolute Gasteiger partial charge is 0.315 e. The number of amidine groups is 1. The Labute approximate surface area is 155 Å². The van der Waals surface area contributed by atoms with Gasteiger partial charge in [0.05, 0.1) is 22.6 Å². The number of hydrogen-bond donors (Lipinski definition) is 0. The van der Waals surface area contributed by atoms with E-state index in [1.807, 2.05) is 6.92 Å². The number of carbonyl (C=O) groups excluding carboxylic acids is 1. The van der Waals surface area contributed by atoms with Crippen LogP contribution in [0, 0.1) is 11.7 Å². The van der Waals surface area contributed by atoms with Crippen molar-refractivity contribution in [3.8, 4) is 0 Å². The average Bonchev–Trinajstić information content (AvgIpc) is 3.00. The second-order valence-corrected chi connectivity index (χ2v) is 10.1. The zero-order valence-electron chi connectivity index (χ0n) is 13.8. The van der Waals surface area contributed by atoms with Crippen molar-refractivity contribution in [3.05, 3.63) is 29.0 Å². The number of anilines is 1. The molecule has 2 aliphatic heterocycles. The van der Waals surface area contributed by atoms with Crippen molar-refractivity contribution >= 4 is 50.0 Å². The van der Waals surface area contributed by atoms with Crippen molar-refractivity contribution in [3.63, 3.8) is 0 Å². The Hall–Kier alpha value is -1.12. The molecule has 0 spiro atoms. The van der Waals surface area contributed by atoms with E-state index in [9.17, 15) is 17.6 Å². The van der Waals surface area contributed by atoms with Gasteiger partial charge >= 0.3 is 0 Å². The lowest BCUT2D eigenvalue weighted by molar-refractivity contribution is -0.121. The van der Waals surface area contributed by atoms with Crippen molar-refractivity contribution in [2.24, 2.45) is 10.9 Å². The number of thioether (sulfide) groups is 1. The molecule has 1 amide bonds. The van der Waals surface area contributed by atoms with Gasteiger partial charge in [0.25, 0.3) is 5.91 Å². The van der Waals surface area contributed by atoms with Crippen LogP contribution in [0.15, 0.2) is 23.2 Å². The molecule has 0 saturated carbocycles. The van der Waals surface area contributed by atoms with E-state index in [2.05, 4.69) is 4.99 Å². The lowest BCUT2D eigenvalue weighted by Crippen LogP contribution is -2.38. The number of hydrogen-bond acceptors (Lipinski definition) is 4. The number of fused-ring (bicyclic) bond motifs is 1. The Kier molecular flexibility index (Phi) is 5.14. The van der Waals surface area contributed by atoms with Gasteiger partial charge < -0.3 is 4.90 Å². The van der Waals surface area contributed by atoms with Gasteiger partial charge in [-0.15, -0.1) is 0 Å². The molecule has 25 heavy (non-hydrogen) atoms. The fourth-order valence-corrected chi connectivity index (χ4v) is 6.92. The first-order valence-electron chi connectivity index (χ1n) is 7.95. The van der Waals surface area contributed by atoms with Crippen LogP contribution < -0.4 is 4.90 Å². The Morgan fingerprint density at radius 1 is 1.48 bits per heavy atom. The second kappa shape index (κ2) is 6.89. The zero-order chi connectivity index (χ0) is 18.4. The number of rotatable bonds is 3. The maximum Gasteiger partial charge on any atom is 0.250 e. The van der Waals surface area contributed by atoms with Crippen LogP contribution in [-0.4, -0.2) is 42.3 Å². The summed E-state index contributed by atoms with van der Waals surface area (Å²) in [6.07, 6.45) is 0.664. The Bertz CT molecular complexity index is 844. The van der Waals surface area contributed by atoms with Crippen LogP contribution in [0.4, 0.5) is 10.1 Å². The zero-order valence-corrected chi connectivity index (χ0v) is 16.2. The van der Waals surface area contributed by atoms with E-state index in [4.69, 9.17) is 11.6 Å². The highest BCUT2D eigenvalue weighted by Gasteiger charge is 2.49. The highest BCUT2D eigenvalue weighted by Crippen LogP contribution is 2.41. The summed E-state index contributed by atoms with van der Waals surface area (Å²) in [5.74, 6) is -1.08. The second-order valence-electron chi connectivity index (χ2n) is 6.31. The molecule has 2 fully saturated rings. The quantitative estimate of drug-likeness (QED) is 0.774. The van der Waals surface area contributed by atoms with Crippen molar-refractivity contribution in [2.75, 3.05) is 16.4 Å². The van der Waals surface area contributed by atoms with Crippen LogP contribution in [-0.2, 0) is 14.6 Å². The molecular formula is C16H18ClFN2O3S2. The Morgan fingerprint density at radius 3 is 2.84 bits per heavy atom. The average molecular weight is 405 g/mol. The van der Waals surface area contributed by atoms with Gasteiger partial charge in [-0.25, -0.2) is 12.8 Å². The third-order valence-electron chi connectivity index (χ3n) is 4.49. The highest BCUT2D eigenvalue weighted by atomic mass is 35.5. The molecule has 136 valence electrons. The lowest BCUT2D eigenvalue weighted by Gasteiger charge is -2.24. The SMILES string of the molecule is CCC(C)C(=O)N=C1SC2CS(=O)(=O)CC2N1c1ccc(Cl)c(F)c1.